The average Bonchev–Trinajstić information content (AvgIpc) is 1.59. The van der Waals surface area contributed by atoms with Gasteiger partial charge >= 0.3 is 21.7 Å². The Balaban J connectivity index is 0.000000174. The Morgan fingerprint density at radius 2 is 0.746 bits per heavy atom. The summed E-state index contributed by atoms with van der Waals surface area (Å²) in [5.74, 6) is 0.430. The smallest absolute Gasteiger partial charge is 0.537 e. The van der Waals surface area contributed by atoms with E-state index in [0.29, 0.717) is 62.3 Å². The van der Waals surface area contributed by atoms with Crippen LogP contribution in [0.4, 0.5) is 22.7 Å². The number of hydrogen-bond donors (Lipinski definition) is 3. The number of amides is 6. The van der Waals surface area contributed by atoms with Gasteiger partial charge in [0.05, 0.1) is 22.4 Å². The van der Waals surface area contributed by atoms with Gasteiger partial charge in [-0.3, -0.25) is 49.2 Å². The maximum atomic E-state index is 13.2. The molecule has 0 aliphatic carbocycles. The monoisotopic (exact) mass is 1860 g/mol. The number of imide groups is 2. The normalized spacial score (nSPS) is 21.4. The summed E-state index contributed by atoms with van der Waals surface area (Å²) in [5, 5.41) is 13.9. The van der Waals surface area contributed by atoms with Gasteiger partial charge in [-0.1, -0.05) is 146 Å². The number of fused-ring (bicyclic) bond motifs is 2. The Kier molecular flexibility index (Phi) is 31.0. The van der Waals surface area contributed by atoms with Crippen LogP contribution in [0.15, 0.2) is 199 Å². The van der Waals surface area contributed by atoms with Crippen molar-refractivity contribution < 1.29 is 75.6 Å². The van der Waals surface area contributed by atoms with Crippen LogP contribution in [-0.4, -0.2) is 208 Å². The number of hydrogen-bond acceptors (Lipinski definition) is 18. The first kappa shape index (κ1) is 96.5. The van der Waals surface area contributed by atoms with Crippen LogP contribution in [0.2, 0.25) is 0 Å². The topological polar surface area (TPSA) is 219 Å². The summed E-state index contributed by atoms with van der Waals surface area (Å²) >= 11 is 3.62. The number of benzene rings is 8. The second-order valence-electron chi connectivity index (χ2n) is 37.7. The molecule has 10 heterocycles. The van der Waals surface area contributed by atoms with Gasteiger partial charge in [0.15, 0.2) is 0 Å². The van der Waals surface area contributed by atoms with Gasteiger partial charge in [-0.15, -0.1) is 0 Å². The zero-order valence-corrected chi connectivity index (χ0v) is 79.2. The first-order chi connectivity index (χ1) is 61.6. The Morgan fingerprint density at radius 3 is 1.08 bits per heavy atom. The third kappa shape index (κ3) is 21.5. The van der Waals surface area contributed by atoms with E-state index in [0.717, 1.165) is 137 Å². The van der Waals surface area contributed by atoms with Crippen LogP contribution in [0.1, 0.15) is 206 Å². The van der Waals surface area contributed by atoms with Gasteiger partial charge in [0.1, 0.15) is 17.8 Å². The Labute approximate surface area is 790 Å². The molecule has 27 heteroatoms. The molecule has 0 bridgehead atoms. The molecule has 6 amide bonds. The molecule has 22 nitrogen and oxygen atoms in total. The fourth-order valence-corrected chi connectivity index (χ4v) is 20.0. The maximum absolute atomic E-state index is 13.2. The van der Waals surface area contributed by atoms with Crippen molar-refractivity contribution in [3.63, 3.8) is 0 Å². The van der Waals surface area contributed by atoms with Gasteiger partial charge in [-0.25, -0.2) is 0 Å². The van der Waals surface area contributed by atoms with E-state index in [1.54, 1.807) is 9.80 Å². The van der Waals surface area contributed by atoms with Crippen molar-refractivity contribution in [2.24, 2.45) is 11.8 Å². The number of piperidine rings is 4. The van der Waals surface area contributed by atoms with Crippen molar-refractivity contribution in [2.75, 3.05) is 111 Å². The molecule has 2 radical (unpaired) electrons. The molecule has 8 aromatic carbocycles. The van der Waals surface area contributed by atoms with Crippen LogP contribution < -0.4 is 34.9 Å². The first-order valence-corrected chi connectivity index (χ1v) is 46.9. The van der Waals surface area contributed by atoms with E-state index in [1.807, 2.05) is 91.8 Å². The number of carbonyl (C=O) groups is 6. The van der Waals surface area contributed by atoms with Crippen molar-refractivity contribution in [1.29, 1.82) is 0 Å². The number of piperazine rings is 2. The molecule has 130 heavy (non-hydrogen) atoms. The maximum Gasteiger partial charge on any atom is 0.569 e. The number of allylic oxidation sites excluding steroid dienone is 2. The van der Waals surface area contributed by atoms with Gasteiger partial charge < -0.3 is 57.7 Å². The van der Waals surface area contributed by atoms with Crippen LogP contribution in [0.25, 0.3) is 22.3 Å². The molecular formula is C103H125B3BrN10O12V. The second-order valence-corrected chi connectivity index (χ2v) is 38.6. The molecule has 680 valence electrons. The second kappa shape index (κ2) is 41.7. The molecule has 0 spiro atoms. The Hall–Kier alpha value is -9.56. The molecule has 0 aromatic heterocycles. The van der Waals surface area contributed by atoms with Gasteiger partial charge in [-0.05, 0) is 270 Å². The van der Waals surface area contributed by atoms with Gasteiger partial charge in [0, 0.05) is 174 Å². The summed E-state index contributed by atoms with van der Waals surface area (Å²) in [6.45, 7) is 35.8. The third-order valence-electron chi connectivity index (χ3n) is 28.6. The van der Waals surface area contributed by atoms with Gasteiger partial charge in [0.2, 0.25) is 23.6 Å². The molecule has 2 unspecified atom stereocenters. The molecule has 8 aromatic rings. The fraction of sp³-hybridized carbons (Fsp3) is 0.437. The van der Waals surface area contributed by atoms with Crippen molar-refractivity contribution in [1.82, 2.24) is 30.2 Å². The number of nitrogens with zero attached hydrogens (tertiary/aromatic N) is 8. The number of halogens is 1. The largest absolute Gasteiger partial charge is 0.569 e. The molecule has 18 rings (SSSR count). The molecule has 8 fully saturated rings. The zero-order chi connectivity index (χ0) is 89.8. The Bertz CT molecular complexity index is 5320. The Morgan fingerprint density at radius 1 is 0.423 bits per heavy atom. The average molecular weight is 1860 g/mol. The van der Waals surface area contributed by atoms with E-state index in [-0.39, 0.29) is 96.7 Å². The van der Waals surface area contributed by atoms with Crippen LogP contribution in [-0.2, 0) is 69.4 Å². The van der Waals surface area contributed by atoms with Crippen molar-refractivity contribution in [2.45, 2.75) is 188 Å². The van der Waals surface area contributed by atoms with Gasteiger partial charge in [0.25, 0.3) is 11.8 Å². The van der Waals surface area contributed by atoms with Crippen molar-refractivity contribution >= 4 is 118 Å². The van der Waals surface area contributed by atoms with Crippen molar-refractivity contribution in [3.8, 4) is 5.75 Å². The number of anilines is 4. The molecular weight excluding hydrogens is 1730 g/mol. The van der Waals surface area contributed by atoms with E-state index < -0.39 is 26.1 Å². The predicted molar refractivity (Wildman–Crippen MR) is 518 cm³/mol. The third-order valence-corrected chi connectivity index (χ3v) is 29.1. The van der Waals surface area contributed by atoms with E-state index in [1.165, 1.54) is 87.2 Å². The van der Waals surface area contributed by atoms with Crippen LogP contribution >= 0.6 is 15.9 Å². The van der Waals surface area contributed by atoms with E-state index in [9.17, 15) is 28.8 Å². The molecule has 10 aliphatic heterocycles. The summed E-state index contributed by atoms with van der Waals surface area (Å²) in [6.07, 6.45) is 7.85. The molecule has 8 saturated heterocycles. The SMILES string of the molecule is C.CC/C(=C(\c1ccc(Br)cc1)c1ccc(N2CCC(CN3CCN(c4ccc5c(c4)CN(C4CCC(=O)NC4=O)C5=O)CC3)CC2)cc1)c1ccccc1.CC/C(=C(\c1ccc(O[B]O)cc1)c1ccc(N2CCC(CN3CCN(c4ccc5c(c4)CN(C4CCC(=O)NC4=O)C5=O)CC3)CC2)cc1)c1ccccc1.CC1(C)OB(B2OC(C)(C)C(C)(C)O2)OC1(C)C.[V]. The van der Waals surface area contributed by atoms with E-state index in [2.05, 4.69) is 228 Å². The van der Waals surface area contributed by atoms with Gasteiger partial charge in [-0.2, -0.15) is 0 Å². The van der Waals surface area contributed by atoms with E-state index in [4.69, 9.17) is 28.3 Å². The first-order valence-electron chi connectivity index (χ1n) is 46.1. The van der Waals surface area contributed by atoms with Crippen LogP contribution in [0.5, 0.6) is 5.75 Å². The van der Waals surface area contributed by atoms with Crippen LogP contribution in [0.3, 0.4) is 0 Å². The summed E-state index contributed by atoms with van der Waals surface area (Å²) in [7, 11) is -0.242. The minimum absolute atomic E-state index is 0. The fourth-order valence-electron chi connectivity index (χ4n) is 19.8. The van der Waals surface area contributed by atoms with Crippen LogP contribution in [0, 0.1) is 11.8 Å². The number of carbonyl (C=O) groups excluding carboxylic acids is 6. The molecule has 10 aliphatic rings. The predicted octanol–water partition coefficient (Wildman–Crippen LogP) is 16.3. The van der Waals surface area contributed by atoms with Crippen molar-refractivity contribution in [3.05, 3.63) is 254 Å². The number of nitrogens with one attached hydrogen (secondary N) is 2. The minimum atomic E-state index is -0.592. The summed E-state index contributed by atoms with van der Waals surface area (Å²) < 4.78 is 30.1. The summed E-state index contributed by atoms with van der Waals surface area (Å²) in [4.78, 5) is 92.9. The zero-order valence-electron chi connectivity index (χ0n) is 76.2. The van der Waals surface area contributed by atoms with E-state index >= 15 is 0 Å². The summed E-state index contributed by atoms with van der Waals surface area (Å²) in [5.41, 5.74) is 19.0. The summed E-state index contributed by atoms with van der Waals surface area (Å²) in [6, 6.07) is 67.2. The molecule has 3 N–H and O–H groups in total. The number of rotatable bonds is 21. The quantitative estimate of drug-likeness (QED) is 0.0346. The molecule has 2 atom stereocenters. The minimum Gasteiger partial charge on any atom is -0.537 e. The standard InChI is InChI=1S/C45H49BN5O5.C45H48BrN5O3.C12H24B2O4.CH4.V/c1-2-39(32-6-4-3-5-7-32)43(34-10-15-38(16-11-34)56-46-55)33-8-12-36(13-9-33)49-22-20-31(21-23-49)29-48-24-26-50(27-25-48)37-14-17-40-35(28-37)30-51(45(40)54)41-18-19-42(52)47-44(41)53;1-2-39(32-6-4-3-5-7-32)43(33-8-12-36(46)13-9-33)34-10-14-37(15-11-34)49-22-20-31(21-23-49)29-48-24-26-50(27-25-48)38-16-17-40-35(28-38)30-51(45(40)54)41-18-19-42(52)47-44(41)53;1-9(2)10(3,4)16-13(15-9)14-17-11(5,6)12(7,8)18-14;;/h3-17,28,31,41,55H,2,18-27,29-30H2,1H3,(H,47,52,53);3-17,28,31,41H,2,18-27,29-30H2,1H3,(H,47,52,53);1-8H3;1H4;/b43-39+;43-39-;;;. The molecule has 0 saturated carbocycles.